The van der Waals surface area contributed by atoms with Crippen LogP contribution in [-0.4, -0.2) is 28.8 Å². The van der Waals surface area contributed by atoms with Crippen LogP contribution in [-0.2, 0) is 16.1 Å². The number of nitrogens with one attached hydrogen (secondary N) is 1. The Labute approximate surface area is 213 Å². The molecule has 1 aliphatic rings. The van der Waals surface area contributed by atoms with Gasteiger partial charge in [-0.05, 0) is 48.1 Å². The standard InChI is InChI=1S/C31H35FN2O2/c1-2-29(31(36)33-27-15-9-10-16-27)34(22-23-17-19-26(32)20-18-23)30(35)21-28(24-11-5-3-6-12-24)25-13-7-4-8-14-25/h3-8,11-14,17-20,27-29H,2,9-10,15-16,21-22H2,1H3,(H,33,36). The van der Waals surface area contributed by atoms with Crippen LogP contribution in [0, 0.1) is 5.82 Å². The van der Waals surface area contributed by atoms with E-state index in [-0.39, 0.29) is 42.6 Å². The van der Waals surface area contributed by atoms with Crippen molar-refractivity contribution >= 4 is 11.8 Å². The summed E-state index contributed by atoms with van der Waals surface area (Å²) in [7, 11) is 0. The fraction of sp³-hybridized carbons (Fsp3) is 0.355. The molecule has 0 saturated heterocycles. The number of hydrogen-bond donors (Lipinski definition) is 1. The van der Waals surface area contributed by atoms with E-state index in [4.69, 9.17) is 0 Å². The number of amides is 2. The average Bonchev–Trinajstić information content (AvgIpc) is 3.42. The molecular weight excluding hydrogens is 451 g/mol. The molecule has 5 heteroatoms. The van der Waals surface area contributed by atoms with Crippen molar-refractivity contribution in [2.75, 3.05) is 0 Å². The van der Waals surface area contributed by atoms with E-state index in [1.54, 1.807) is 17.0 Å². The normalized spacial score (nSPS) is 14.5. The van der Waals surface area contributed by atoms with Crippen LogP contribution < -0.4 is 5.32 Å². The summed E-state index contributed by atoms with van der Waals surface area (Å²) in [5.41, 5.74) is 2.91. The molecule has 1 N–H and O–H groups in total. The van der Waals surface area contributed by atoms with E-state index in [2.05, 4.69) is 5.32 Å². The van der Waals surface area contributed by atoms with Crippen LogP contribution in [0.1, 0.15) is 68.1 Å². The van der Waals surface area contributed by atoms with Gasteiger partial charge in [0.05, 0.1) is 0 Å². The Morgan fingerprint density at radius 2 is 1.44 bits per heavy atom. The second-order valence-corrected chi connectivity index (χ2v) is 9.64. The van der Waals surface area contributed by atoms with E-state index < -0.39 is 6.04 Å². The Bertz CT molecular complexity index is 1070. The number of rotatable bonds is 10. The van der Waals surface area contributed by atoms with Crippen molar-refractivity contribution in [2.24, 2.45) is 0 Å². The van der Waals surface area contributed by atoms with Gasteiger partial charge in [0.2, 0.25) is 11.8 Å². The molecular formula is C31H35FN2O2. The van der Waals surface area contributed by atoms with Gasteiger partial charge in [0.25, 0.3) is 0 Å². The van der Waals surface area contributed by atoms with Gasteiger partial charge in [0.15, 0.2) is 0 Å². The van der Waals surface area contributed by atoms with Gasteiger partial charge in [0.1, 0.15) is 11.9 Å². The highest BCUT2D eigenvalue weighted by atomic mass is 19.1. The average molecular weight is 487 g/mol. The summed E-state index contributed by atoms with van der Waals surface area (Å²) in [5, 5.41) is 3.18. The molecule has 4 nitrogen and oxygen atoms in total. The fourth-order valence-electron chi connectivity index (χ4n) is 5.16. The van der Waals surface area contributed by atoms with Crippen LogP contribution in [0.3, 0.4) is 0 Å². The molecule has 0 radical (unpaired) electrons. The highest BCUT2D eigenvalue weighted by Crippen LogP contribution is 2.30. The predicted octanol–water partition coefficient (Wildman–Crippen LogP) is 6.21. The number of halogens is 1. The number of hydrogen-bond acceptors (Lipinski definition) is 2. The van der Waals surface area contributed by atoms with Crippen molar-refractivity contribution in [3.05, 3.63) is 107 Å². The zero-order valence-corrected chi connectivity index (χ0v) is 20.9. The van der Waals surface area contributed by atoms with Crippen molar-refractivity contribution in [3.8, 4) is 0 Å². The van der Waals surface area contributed by atoms with Gasteiger partial charge in [-0.3, -0.25) is 9.59 Å². The van der Waals surface area contributed by atoms with Crippen LogP contribution in [0.4, 0.5) is 4.39 Å². The first-order valence-corrected chi connectivity index (χ1v) is 13.0. The second-order valence-electron chi connectivity index (χ2n) is 9.64. The Kier molecular flexibility index (Phi) is 8.88. The van der Waals surface area contributed by atoms with Crippen molar-refractivity contribution < 1.29 is 14.0 Å². The van der Waals surface area contributed by atoms with Gasteiger partial charge < -0.3 is 10.2 Å². The van der Waals surface area contributed by atoms with E-state index >= 15 is 0 Å². The highest BCUT2D eigenvalue weighted by molar-refractivity contribution is 5.88. The molecule has 0 spiro atoms. The molecule has 188 valence electrons. The third kappa shape index (κ3) is 6.60. The van der Waals surface area contributed by atoms with Crippen LogP contribution >= 0.6 is 0 Å². The highest BCUT2D eigenvalue weighted by Gasteiger charge is 2.32. The minimum Gasteiger partial charge on any atom is -0.352 e. The number of benzene rings is 3. The lowest BCUT2D eigenvalue weighted by atomic mass is 9.88. The molecule has 1 aliphatic carbocycles. The zero-order valence-electron chi connectivity index (χ0n) is 20.9. The van der Waals surface area contributed by atoms with Gasteiger partial charge >= 0.3 is 0 Å². The van der Waals surface area contributed by atoms with Crippen molar-refractivity contribution in [2.45, 2.75) is 70.0 Å². The maximum Gasteiger partial charge on any atom is 0.243 e. The molecule has 1 atom stereocenters. The molecule has 4 rings (SSSR count). The van der Waals surface area contributed by atoms with E-state index in [0.29, 0.717) is 6.42 Å². The van der Waals surface area contributed by atoms with E-state index in [0.717, 1.165) is 42.4 Å². The first-order valence-electron chi connectivity index (χ1n) is 13.0. The van der Waals surface area contributed by atoms with Crippen molar-refractivity contribution in [1.29, 1.82) is 0 Å². The van der Waals surface area contributed by atoms with Gasteiger partial charge in [-0.15, -0.1) is 0 Å². The minimum absolute atomic E-state index is 0.0922. The second kappa shape index (κ2) is 12.5. The van der Waals surface area contributed by atoms with Crippen LogP contribution in [0.25, 0.3) is 0 Å². The van der Waals surface area contributed by atoms with Crippen molar-refractivity contribution in [1.82, 2.24) is 10.2 Å². The van der Waals surface area contributed by atoms with Crippen LogP contribution in [0.2, 0.25) is 0 Å². The van der Waals surface area contributed by atoms with Crippen molar-refractivity contribution in [3.63, 3.8) is 0 Å². The largest absolute Gasteiger partial charge is 0.352 e. The molecule has 3 aromatic rings. The smallest absolute Gasteiger partial charge is 0.243 e. The molecule has 0 aromatic heterocycles. The number of nitrogens with zero attached hydrogens (tertiary/aromatic N) is 1. The summed E-state index contributed by atoms with van der Waals surface area (Å²) in [6.07, 6.45) is 4.96. The molecule has 1 fully saturated rings. The molecule has 1 saturated carbocycles. The quantitative estimate of drug-likeness (QED) is 0.370. The lowest BCUT2D eigenvalue weighted by Crippen LogP contribution is -2.51. The van der Waals surface area contributed by atoms with Crippen LogP contribution in [0.15, 0.2) is 84.9 Å². The minimum atomic E-state index is -0.588. The fourth-order valence-corrected chi connectivity index (χ4v) is 5.16. The Morgan fingerprint density at radius 1 is 0.889 bits per heavy atom. The Balaban J connectivity index is 1.62. The first kappa shape index (κ1) is 25.6. The molecule has 0 aliphatic heterocycles. The summed E-state index contributed by atoms with van der Waals surface area (Å²) in [6.45, 7) is 2.20. The third-order valence-electron chi connectivity index (χ3n) is 7.14. The lowest BCUT2D eigenvalue weighted by Gasteiger charge is -2.33. The summed E-state index contributed by atoms with van der Waals surface area (Å²) in [5.74, 6) is -0.650. The molecule has 0 bridgehead atoms. The van der Waals surface area contributed by atoms with E-state index in [1.165, 1.54) is 12.1 Å². The lowest BCUT2D eigenvalue weighted by molar-refractivity contribution is -0.141. The molecule has 1 unspecified atom stereocenters. The maximum absolute atomic E-state index is 14.0. The molecule has 0 heterocycles. The van der Waals surface area contributed by atoms with Gasteiger partial charge in [-0.2, -0.15) is 0 Å². The van der Waals surface area contributed by atoms with Gasteiger partial charge in [-0.25, -0.2) is 4.39 Å². The summed E-state index contributed by atoms with van der Waals surface area (Å²) in [6, 6.07) is 25.8. The molecule has 2 amide bonds. The van der Waals surface area contributed by atoms with Crippen LogP contribution in [0.5, 0.6) is 0 Å². The predicted molar refractivity (Wildman–Crippen MR) is 141 cm³/mol. The SMILES string of the molecule is CCC(C(=O)NC1CCCC1)N(Cc1ccc(F)cc1)C(=O)CC(c1ccccc1)c1ccccc1. The summed E-state index contributed by atoms with van der Waals surface area (Å²) >= 11 is 0. The van der Waals surface area contributed by atoms with Gasteiger partial charge in [0, 0.05) is 24.9 Å². The molecule has 36 heavy (non-hydrogen) atoms. The maximum atomic E-state index is 14.0. The Morgan fingerprint density at radius 3 is 1.97 bits per heavy atom. The van der Waals surface area contributed by atoms with E-state index in [1.807, 2.05) is 67.6 Å². The number of carbonyl (C=O) groups is 2. The first-order chi connectivity index (χ1) is 17.5. The summed E-state index contributed by atoms with van der Waals surface area (Å²) in [4.78, 5) is 29.1. The zero-order chi connectivity index (χ0) is 25.3. The Hall–Kier alpha value is -3.47. The third-order valence-corrected chi connectivity index (χ3v) is 7.14. The monoisotopic (exact) mass is 486 g/mol. The number of carbonyl (C=O) groups excluding carboxylic acids is 2. The summed E-state index contributed by atoms with van der Waals surface area (Å²) < 4.78 is 13.6. The topological polar surface area (TPSA) is 49.4 Å². The van der Waals surface area contributed by atoms with Gasteiger partial charge in [-0.1, -0.05) is 92.6 Å². The molecule has 3 aromatic carbocycles. The van der Waals surface area contributed by atoms with E-state index in [9.17, 15) is 14.0 Å².